The average Bonchev–Trinajstić information content (AvgIpc) is 2.97. The highest BCUT2D eigenvalue weighted by molar-refractivity contribution is 9.10. The predicted octanol–water partition coefficient (Wildman–Crippen LogP) is 2.43. The summed E-state index contributed by atoms with van der Waals surface area (Å²) in [6.07, 6.45) is -1.10. The smallest absolute Gasteiger partial charge is 0.475 e. The van der Waals surface area contributed by atoms with E-state index in [0.717, 1.165) is 17.4 Å². The topological polar surface area (TPSA) is 76.2 Å². The van der Waals surface area contributed by atoms with Gasteiger partial charge < -0.3 is 10.8 Å². The Balaban J connectivity index is 0.000000203. The lowest BCUT2D eigenvalue weighted by Gasteiger charge is -2.07. The van der Waals surface area contributed by atoms with Crippen molar-refractivity contribution in [2.75, 3.05) is 0 Å². The summed E-state index contributed by atoms with van der Waals surface area (Å²) in [5.41, 5.74) is 7.15. The SMILES string of the molecule is NC1(c2ccnc(Br)c2)CC1.O=C(O)C(F)(F)F. The van der Waals surface area contributed by atoms with Gasteiger partial charge in [-0.25, -0.2) is 9.78 Å². The third kappa shape index (κ3) is 4.26. The van der Waals surface area contributed by atoms with E-state index in [1.807, 2.05) is 12.1 Å². The first-order valence-electron chi connectivity index (χ1n) is 4.86. The van der Waals surface area contributed by atoms with Gasteiger partial charge in [-0.05, 0) is 46.5 Å². The van der Waals surface area contributed by atoms with Crippen molar-refractivity contribution in [2.45, 2.75) is 24.6 Å². The molecule has 0 unspecified atom stereocenters. The van der Waals surface area contributed by atoms with Gasteiger partial charge in [0.1, 0.15) is 4.60 Å². The van der Waals surface area contributed by atoms with Crippen molar-refractivity contribution in [3.05, 3.63) is 28.5 Å². The third-order valence-corrected chi connectivity index (χ3v) is 2.77. The van der Waals surface area contributed by atoms with E-state index in [9.17, 15) is 13.2 Å². The second-order valence-electron chi connectivity index (χ2n) is 3.83. The van der Waals surface area contributed by atoms with Crippen LogP contribution in [-0.4, -0.2) is 22.2 Å². The summed E-state index contributed by atoms with van der Waals surface area (Å²) < 4.78 is 32.6. The van der Waals surface area contributed by atoms with Crippen LogP contribution >= 0.6 is 15.9 Å². The van der Waals surface area contributed by atoms with Crippen molar-refractivity contribution < 1.29 is 23.1 Å². The maximum Gasteiger partial charge on any atom is 0.490 e. The molecule has 0 aromatic carbocycles. The Kier molecular flexibility index (Phi) is 4.33. The van der Waals surface area contributed by atoms with E-state index >= 15 is 0 Å². The molecule has 0 radical (unpaired) electrons. The molecule has 1 aromatic heterocycles. The Morgan fingerprint density at radius 3 is 2.33 bits per heavy atom. The lowest BCUT2D eigenvalue weighted by molar-refractivity contribution is -0.192. The highest BCUT2D eigenvalue weighted by Gasteiger charge is 2.40. The molecule has 0 aliphatic heterocycles. The van der Waals surface area contributed by atoms with E-state index in [1.165, 1.54) is 5.56 Å². The monoisotopic (exact) mass is 326 g/mol. The van der Waals surface area contributed by atoms with Crippen molar-refractivity contribution in [3.8, 4) is 0 Å². The van der Waals surface area contributed by atoms with Crippen LogP contribution in [-0.2, 0) is 10.3 Å². The highest BCUT2D eigenvalue weighted by Crippen LogP contribution is 2.42. The fourth-order valence-corrected chi connectivity index (χ4v) is 1.50. The van der Waals surface area contributed by atoms with Gasteiger partial charge in [0.2, 0.25) is 0 Å². The summed E-state index contributed by atoms with van der Waals surface area (Å²) in [4.78, 5) is 12.9. The van der Waals surface area contributed by atoms with Crippen LogP contribution in [0.1, 0.15) is 18.4 Å². The van der Waals surface area contributed by atoms with Gasteiger partial charge in [-0.3, -0.25) is 0 Å². The fourth-order valence-electron chi connectivity index (χ4n) is 1.14. The lowest BCUT2D eigenvalue weighted by Crippen LogP contribution is -2.21. The third-order valence-electron chi connectivity index (χ3n) is 2.33. The van der Waals surface area contributed by atoms with Crippen LogP contribution in [0, 0.1) is 0 Å². The van der Waals surface area contributed by atoms with Crippen LogP contribution in [0.3, 0.4) is 0 Å². The summed E-state index contributed by atoms with van der Waals surface area (Å²) in [5, 5.41) is 7.12. The summed E-state index contributed by atoms with van der Waals surface area (Å²) in [5.74, 6) is -2.76. The number of carbonyl (C=O) groups is 1. The number of halogens is 4. The first kappa shape index (κ1) is 14.9. The van der Waals surface area contributed by atoms with E-state index in [2.05, 4.69) is 20.9 Å². The van der Waals surface area contributed by atoms with Gasteiger partial charge >= 0.3 is 12.1 Å². The number of pyridine rings is 1. The largest absolute Gasteiger partial charge is 0.490 e. The lowest BCUT2D eigenvalue weighted by atomic mass is 10.1. The van der Waals surface area contributed by atoms with E-state index in [-0.39, 0.29) is 5.54 Å². The predicted molar refractivity (Wildman–Crippen MR) is 60.7 cm³/mol. The number of alkyl halides is 3. The molecule has 100 valence electrons. The zero-order valence-corrected chi connectivity index (χ0v) is 10.6. The average molecular weight is 327 g/mol. The van der Waals surface area contributed by atoms with Crippen molar-refractivity contribution in [1.82, 2.24) is 4.98 Å². The number of nitrogens with two attached hydrogens (primary N) is 1. The first-order valence-corrected chi connectivity index (χ1v) is 5.65. The van der Waals surface area contributed by atoms with Crippen molar-refractivity contribution in [3.63, 3.8) is 0 Å². The quantitative estimate of drug-likeness (QED) is 0.777. The molecule has 18 heavy (non-hydrogen) atoms. The molecule has 2 rings (SSSR count). The Labute approximate surface area is 109 Å². The summed E-state index contributed by atoms with van der Waals surface area (Å²) in [6, 6.07) is 3.98. The van der Waals surface area contributed by atoms with Crippen LogP contribution in [0.25, 0.3) is 0 Å². The fraction of sp³-hybridized carbons (Fsp3) is 0.400. The van der Waals surface area contributed by atoms with E-state index < -0.39 is 12.1 Å². The molecule has 1 heterocycles. The van der Waals surface area contributed by atoms with Gasteiger partial charge in [0, 0.05) is 11.7 Å². The van der Waals surface area contributed by atoms with Crippen molar-refractivity contribution in [2.24, 2.45) is 5.73 Å². The van der Waals surface area contributed by atoms with E-state index in [1.54, 1.807) is 6.20 Å². The van der Waals surface area contributed by atoms with Crippen molar-refractivity contribution >= 4 is 21.9 Å². The molecule has 0 bridgehead atoms. The van der Waals surface area contributed by atoms with Gasteiger partial charge in [0.05, 0.1) is 0 Å². The van der Waals surface area contributed by atoms with Gasteiger partial charge in [-0.15, -0.1) is 0 Å². The molecular weight excluding hydrogens is 317 g/mol. The maximum absolute atomic E-state index is 10.6. The van der Waals surface area contributed by atoms with Gasteiger partial charge in [0.15, 0.2) is 0 Å². The molecule has 1 aromatic rings. The van der Waals surface area contributed by atoms with Gasteiger partial charge in [-0.1, -0.05) is 0 Å². The molecule has 1 saturated carbocycles. The maximum atomic E-state index is 10.6. The van der Waals surface area contributed by atoms with Crippen LogP contribution in [0.15, 0.2) is 22.9 Å². The van der Waals surface area contributed by atoms with Crippen LogP contribution in [0.5, 0.6) is 0 Å². The first-order chi connectivity index (χ1) is 8.15. The summed E-state index contributed by atoms with van der Waals surface area (Å²) in [6.45, 7) is 0. The zero-order valence-electron chi connectivity index (χ0n) is 9.04. The minimum atomic E-state index is -5.08. The van der Waals surface area contributed by atoms with Crippen LogP contribution in [0.2, 0.25) is 0 Å². The Hall–Kier alpha value is -1.15. The second-order valence-corrected chi connectivity index (χ2v) is 4.64. The highest BCUT2D eigenvalue weighted by atomic mass is 79.9. The Bertz CT molecular complexity index is 447. The summed E-state index contributed by atoms with van der Waals surface area (Å²) >= 11 is 3.32. The second kappa shape index (κ2) is 5.23. The number of carboxylic acid groups (broad SMARTS) is 1. The minimum Gasteiger partial charge on any atom is -0.475 e. The van der Waals surface area contributed by atoms with Gasteiger partial charge in [-0.2, -0.15) is 13.2 Å². The molecular formula is C10H10BrF3N2O2. The molecule has 1 aliphatic rings. The molecule has 1 aliphatic carbocycles. The van der Waals surface area contributed by atoms with E-state index in [0.29, 0.717) is 0 Å². The molecule has 0 atom stereocenters. The van der Waals surface area contributed by atoms with E-state index in [4.69, 9.17) is 15.6 Å². The molecule has 3 N–H and O–H groups in total. The number of aromatic nitrogens is 1. The number of hydrogen-bond donors (Lipinski definition) is 2. The summed E-state index contributed by atoms with van der Waals surface area (Å²) in [7, 11) is 0. The standard InChI is InChI=1S/C8H9BrN2.C2HF3O2/c9-7-5-6(1-4-11-7)8(10)2-3-8;3-2(4,5)1(6)7/h1,4-5H,2-3,10H2;(H,6,7). The number of aliphatic carboxylic acids is 1. The Morgan fingerprint density at radius 2 is 2.00 bits per heavy atom. The number of carboxylic acids is 1. The number of rotatable bonds is 1. The molecule has 0 saturated heterocycles. The molecule has 8 heteroatoms. The molecule has 0 spiro atoms. The zero-order chi connectivity index (χ0) is 14.0. The van der Waals surface area contributed by atoms with Crippen molar-refractivity contribution in [1.29, 1.82) is 0 Å². The number of nitrogens with zero attached hydrogens (tertiary/aromatic N) is 1. The van der Waals surface area contributed by atoms with Crippen LogP contribution < -0.4 is 5.73 Å². The molecule has 1 fully saturated rings. The van der Waals surface area contributed by atoms with Gasteiger partial charge in [0.25, 0.3) is 0 Å². The molecule has 0 amide bonds. The molecule has 4 nitrogen and oxygen atoms in total. The minimum absolute atomic E-state index is 0.0363. The normalized spacial score (nSPS) is 16.5. The van der Waals surface area contributed by atoms with Crippen LogP contribution in [0.4, 0.5) is 13.2 Å². The Morgan fingerprint density at radius 1 is 1.50 bits per heavy atom. The number of hydrogen-bond acceptors (Lipinski definition) is 3.